The fourth-order valence-electron chi connectivity index (χ4n) is 2.32. The maximum absolute atomic E-state index is 12.4. The Morgan fingerprint density at radius 3 is 1.63 bits per heavy atom. The standard InChI is InChI=1S/C21H33N3O7.C2HF3O2/c1-4-13-29-18(25)11-10-17(20(27)31-15-6-3)24-21(28)23-16(9-7-8-12-22)19(26)30-14-5-2;3-2(4,5)1(6)7/h4-6,16-17H,1-3,7-15,22H2,(H2,23,24,28);(H,6,7)/t16?,17-;/m0./s1. The quantitative estimate of drug-likeness (QED) is 0.0896. The number of carbonyl (C=O) groups excluding carboxylic acids is 4. The second-order valence-electron chi connectivity index (χ2n) is 7.16. The van der Waals surface area contributed by atoms with Crippen LogP contribution in [0.3, 0.4) is 0 Å². The fourth-order valence-corrected chi connectivity index (χ4v) is 2.32. The topological polar surface area (TPSA) is 183 Å². The lowest BCUT2D eigenvalue weighted by Crippen LogP contribution is -2.52. The zero-order valence-electron chi connectivity index (χ0n) is 20.8. The molecule has 2 amide bonds. The number of unbranched alkanes of at least 4 members (excludes halogenated alkanes) is 1. The highest BCUT2D eigenvalue weighted by Gasteiger charge is 2.38. The van der Waals surface area contributed by atoms with Crippen LogP contribution in [0.4, 0.5) is 18.0 Å². The lowest BCUT2D eigenvalue weighted by molar-refractivity contribution is -0.192. The van der Waals surface area contributed by atoms with Crippen LogP contribution in [0.15, 0.2) is 38.0 Å². The van der Waals surface area contributed by atoms with E-state index in [1.54, 1.807) is 0 Å². The first-order chi connectivity index (χ1) is 17.8. The van der Waals surface area contributed by atoms with Gasteiger partial charge >= 0.3 is 36.1 Å². The van der Waals surface area contributed by atoms with Gasteiger partial charge in [-0.2, -0.15) is 13.2 Å². The van der Waals surface area contributed by atoms with E-state index in [0.29, 0.717) is 25.8 Å². The minimum absolute atomic E-state index is 0.00115. The van der Waals surface area contributed by atoms with Crippen molar-refractivity contribution in [2.75, 3.05) is 26.4 Å². The molecule has 0 aliphatic carbocycles. The molecule has 0 aliphatic rings. The van der Waals surface area contributed by atoms with Crippen molar-refractivity contribution in [2.45, 2.75) is 50.4 Å². The molecule has 2 atom stereocenters. The normalized spacial score (nSPS) is 11.8. The summed E-state index contributed by atoms with van der Waals surface area (Å²) < 4.78 is 46.6. The molecule has 0 aromatic rings. The van der Waals surface area contributed by atoms with Crippen LogP contribution < -0.4 is 16.4 Å². The molecule has 5 N–H and O–H groups in total. The van der Waals surface area contributed by atoms with E-state index in [1.165, 1.54) is 18.2 Å². The van der Waals surface area contributed by atoms with Gasteiger partial charge in [-0.05, 0) is 32.2 Å². The molecule has 12 nitrogen and oxygen atoms in total. The SMILES string of the molecule is C=CCOC(=O)CC[C@H](NC(=O)NC(CCCCN)C(=O)OCC=C)C(=O)OCC=C.O=C(O)C(F)(F)F. The van der Waals surface area contributed by atoms with Gasteiger partial charge in [0.2, 0.25) is 0 Å². The van der Waals surface area contributed by atoms with Crippen molar-refractivity contribution in [1.29, 1.82) is 0 Å². The van der Waals surface area contributed by atoms with Gasteiger partial charge in [-0.3, -0.25) is 4.79 Å². The molecule has 0 rings (SSSR count). The second kappa shape index (κ2) is 21.2. The first kappa shape index (κ1) is 36.3. The van der Waals surface area contributed by atoms with Gasteiger partial charge in [0.25, 0.3) is 0 Å². The van der Waals surface area contributed by atoms with E-state index in [4.69, 9.17) is 29.8 Å². The number of carboxylic acids is 1. The Labute approximate surface area is 218 Å². The Kier molecular flexibility index (Phi) is 20.3. The Hall–Kier alpha value is -3.88. The molecule has 0 bridgehead atoms. The summed E-state index contributed by atoms with van der Waals surface area (Å²) in [4.78, 5) is 57.5. The molecule has 0 aliphatic heterocycles. The summed E-state index contributed by atoms with van der Waals surface area (Å²) in [5, 5.41) is 12.0. The first-order valence-corrected chi connectivity index (χ1v) is 11.2. The van der Waals surface area contributed by atoms with Crippen LogP contribution in [0.5, 0.6) is 0 Å². The van der Waals surface area contributed by atoms with Crippen LogP contribution >= 0.6 is 0 Å². The highest BCUT2D eigenvalue weighted by Crippen LogP contribution is 2.13. The average molecular weight is 554 g/mol. The minimum atomic E-state index is -5.08. The molecule has 1 unspecified atom stereocenters. The Morgan fingerprint density at radius 1 is 0.816 bits per heavy atom. The summed E-state index contributed by atoms with van der Waals surface area (Å²) in [6.45, 7) is 10.8. The number of esters is 3. The van der Waals surface area contributed by atoms with Crippen molar-refractivity contribution in [3.63, 3.8) is 0 Å². The highest BCUT2D eigenvalue weighted by molar-refractivity contribution is 5.87. The molecule has 38 heavy (non-hydrogen) atoms. The van der Waals surface area contributed by atoms with Crippen molar-refractivity contribution in [3.8, 4) is 0 Å². The number of urea groups is 1. The van der Waals surface area contributed by atoms with Gasteiger partial charge in [-0.25, -0.2) is 19.2 Å². The molecule has 0 aromatic heterocycles. The molecule has 216 valence electrons. The van der Waals surface area contributed by atoms with Crippen LogP contribution in [0.2, 0.25) is 0 Å². The minimum Gasteiger partial charge on any atom is -0.475 e. The third kappa shape index (κ3) is 19.3. The van der Waals surface area contributed by atoms with E-state index < -0.39 is 48.2 Å². The molecule has 0 saturated carbocycles. The highest BCUT2D eigenvalue weighted by atomic mass is 19.4. The number of ether oxygens (including phenoxy) is 3. The van der Waals surface area contributed by atoms with E-state index >= 15 is 0 Å². The lowest BCUT2D eigenvalue weighted by Gasteiger charge is -2.21. The summed E-state index contributed by atoms with van der Waals surface area (Å²) in [5.41, 5.74) is 5.47. The third-order valence-corrected chi connectivity index (χ3v) is 4.06. The Morgan fingerprint density at radius 2 is 1.24 bits per heavy atom. The summed E-state index contributed by atoms with van der Waals surface area (Å²) in [6.07, 6.45) is 0.474. The second-order valence-corrected chi connectivity index (χ2v) is 7.16. The predicted molar refractivity (Wildman–Crippen MR) is 129 cm³/mol. The van der Waals surface area contributed by atoms with E-state index in [2.05, 4.69) is 30.4 Å². The number of hydrogen-bond donors (Lipinski definition) is 4. The number of amides is 2. The van der Waals surface area contributed by atoms with Crippen LogP contribution in [0.1, 0.15) is 32.1 Å². The number of nitrogens with one attached hydrogen (secondary N) is 2. The van der Waals surface area contributed by atoms with Gasteiger partial charge in [-0.15, -0.1) is 0 Å². The zero-order valence-corrected chi connectivity index (χ0v) is 20.8. The Balaban J connectivity index is 0. The van der Waals surface area contributed by atoms with Crippen LogP contribution in [-0.2, 0) is 33.4 Å². The van der Waals surface area contributed by atoms with Gasteiger partial charge in [-0.1, -0.05) is 38.0 Å². The molecule has 0 heterocycles. The summed E-state index contributed by atoms with van der Waals surface area (Å²) in [7, 11) is 0. The molecule has 15 heteroatoms. The van der Waals surface area contributed by atoms with E-state index in [1.807, 2.05) is 0 Å². The number of halogens is 3. The number of hydrogen-bond acceptors (Lipinski definition) is 9. The number of carboxylic acid groups (broad SMARTS) is 1. The lowest BCUT2D eigenvalue weighted by atomic mass is 10.1. The van der Waals surface area contributed by atoms with Gasteiger partial charge in [0.15, 0.2) is 0 Å². The molecular formula is C23H34F3N3O9. The molecule has 0 radical (unpaired) electrons. The monoisotopic (exact) mass is 553 g/mol. The van der Waals surface area contributed by atoms with Gasteiger partial charge in [0, 0.05) is 6.42 Å². The van der Waals surface area contributed by atoms with Crippen molar-refractivity contribution in [1.82, 2.24) is 10.6 Å². The number of rotatable bonds is 17. The first-order valence-electron chi connectivity index (χ1n) is 11.2. The number of aliphatic carboxylic acids is 1. The summed E-state index contributed by atoms with van der Waals surface area (Å²) in [6, 6.07) is -2.85. The van der Waals surface area contributed by atoms with E-state index in [-0.39, 0.29) is 32.7 Å². The van der Waals surface area contributed by atoms with Crippen LogP contribution in [0, 0.1) is 0 Å². The van der Waals surface area contributed by atoms with E-state index in [0.717, 1.165) is 0 Å². The summed E-state index contributed by atoms with van der Waals surface area (Å²) in [5.74, 6) is -4.70. The average Bonchev–Trinajstić information content (AvgIpc) is 2.86. The van der Waals surface area contributed by atoms with Crippen molar-refractivity contribution < 1.29 is 56.5 Å². The van der Waals surface area contributed by atoms with Gasteiger partial charge < -0.3 is 35.7 Å². The van der Waals surface area contributed by atoms with Gasteiger partial charge in [0.05, 0.1) is 0 Å². The van der Waals surface area contributed by atoms with Gasteiger partial charge in [0.1, 0.15) is 31.9 Å². The molecule has 0 aromatic carbocycles. The number of carbonyl (C=O) groups is 5. The fraction of sp³-hybridized carbons (Fsp3) is 0.522. The van der Waals surface area contributed by atoms with Crippen molar-refractivity contribution >= 4 is 29.9 Å². The van der Waals surface area contributed by atoms with Crippen molar-refractivity contribution in [2.24, 2.45) is 5.73 Å². The molecule has 0 fully saturated rings. The maximum atomic E-state index is 12.4. The smallest absolute Gasteiger partial charge is 0.475 e. The molecule has 0 spiro atoms. The largest absolute Gasteiger partial charge is 0.490 e. The van der Waals surface area contributed by atoms with Crippen molar-refractivity contribution in [3.05, 3.63) is 38.0 Å². The van der Waals surface area contributed by atoms with Crippen LogP contribution in [-0.4, -0.2) is 79.6 Å². The Bertz CT molecular complexity index is 805. The maximum Gasteiger partial charge on any atom is 0.490 e. The molecular weight excluding hydrogens is 519 g/mol. The zero-order chi connectivity index (χ0) is 29.6. The summed E-state index contributed by atoms with van der Waals surface area (Å²) >= 11 is 0. The number of nitrogens with two attached hydrogens (primary N) is 1. The van der Waals surface area contributed by atoms with Crippen LogP contribution in [0.25, 0.3) is 0 Å². The van der Waals surface area contributed by atoms with E-state index in [9.17, 15) is 32.3 Å². The third-order valence-electron chi connectivity index (χ3n) is 4.06. The number of alkyl halides is 3. The predicted octanol–water partition coefficient (Wildman–Crippen LogP) is 1.75. The molecule has 0 saturated heterocycles.